The number of nitrogens with one attached hydrogen (secondary N) is 1. The number of carbonyl (C=O) groups is 2. The first-order valence-corrected chi connectivity index (χ1v) is 13.9. The molecule has 0 bridgehead atoms. The topological polar surface area (TPSA) is 49.4 Å². The van der Waals surface area contributed by atoms with Crippen LogP contribution in [0.2, 0.25) is 0 Å². The number of hydrogen-bond donors (Lipinski definition) is 1. The minimum atomic E-state index is -0.394. The first-order chi connectivity index (χ1) is 18.6. The largest absolute Gasteiger partial charge is 0.359 e. The predicted octanol–water partition coefficient (Wildman–Crippen LogP) is 8.32. The van der Waals surface area contributed by atoms with Crippen LogP contribution >= 0.6 is 0 Å². The van der Waals surface area contributed by atoms with E-state index in [4.69, 9.17) is 0 Å². The monoisotopic (exact) mass is 516 g/mol. The van der Waals surface area contributed by atoms with Crippen molar-refractivity contribution in [2.75, 3.05) is 10.2 Å². The third kappa shape index (κ3) is 4.63. The maximum Gasteiger partial charge on any atom is 0.162 e. The highest BCUT2D eigenvalue weighted by atomic mass is 16.1. The van der Waals surface area contributed by atoms with E-state index in [9.17, 15) is 9.59 Å². The number of nitrogens with zero attached hydrogens (tertiary/aromatic N) is 1. The van der Waals surface area contributed by atoms with E-state index >= 15 is 0 Å². The average molecular weight is 517 g/mol. The van der Waals surface area contributed by atoms with Gasteiger partial charge in [-0.25, -0.2) is 0 Å². The summed E-state index contributed by atoms with van der Waals surface area (Å²) in [6, 6.07) is 28.7. The summed E-state index contributed by atoms with van der Waals surface area (Å²) in [5.74, 6) is -0.123. The fourth-order valence-corrected chi connectivity index (χ4v) is 6.71. The summed E-state index contributed by atoms with van der Waals surface area (Å²) in [4.78, 5) is 30.5. The Balaban J connectivity index is 1.63. The molecule has 1 atom stereocenters. The summed E-state index contributed by atoms with van der Waals surface area (Å²) in [5.41, 5.74) is 7.20. The highest BCUT2D eigenvalue weighted by Crippen LogP contribution is 2.55. The second-order valence-electron chi connectivity index (χ2n) is 12.8. The molecule has 0 fully saturated rings. The van der Waals surface area contributed by atoms with Gasteiger partial charge in [-0.05, 0) is 59.6 Å². The SMILES string of the molecule is CC1(C)CC(=O)C(C2C3=C(CC(C)(C)CC3=O)N(c3ccccc3)c3ccccc32)=C(Nc2ccccc2)C1. The lowest BCUT2D eigenvalue weighted by atomic mass is 9.64. The Labute approximate surface area is 231 Å². The van der Waals surface area contributed by atoms with Crippen molar-refractivity contribution < 1.29 is 9.59 Å². The lowest BCUT2D eigenvalue weighted by Crippen LogP contribution is -2.40. The summed E-state index contributed by atoms with van der Waals surface area (Å²) < 4.78 is 0. The number of para-hydroxylation sites is 3. The summed E-state index contributed by atoms with van der Waals surface area (Å²) in [5, 5.41) is 3.63. The second kappa shape index (κ2) is 9.37. The van der Waals surface area contributed by atoms with E-state index in [2.05, 4.69) is 68.2 Å². The van der Waals surface area contributed by atoms with Crippen molar-refractivity contribution in [2.24, 2.45) is 10.8 Å². The number of fused-ring (bicyclic) bond motifs is 1. The van der Waals surface area contributed by atoms with Gasteiger partial charge in [0.1, 0.15) is 0 Å². The molecule has 4 heteroatoms. The summed E-state index contributed by atoms with van der Waals surface area (Å²) >= 11 is 0. The minimum absolute atomic E-state index is 0.127. The van der Waals surface area contributed by atoms with Crippen LogP contribution in [0, 0.1) is 10.8 Å². The number of benzene rings is 3. The van der Waals surface area contributed by atoms with Gasteiger partial charge in [-0.3, -0.25) is 9.59 Å². The Bertz CT molecular complexity index is 1510. The number of rotatable bonds is 4. The zero-order valence-corrected chi connectivity index (χ0v) is 23.3. The Hall–Kier alpha value is -3.92. The molecule has 0 amide bonds. The van der Waals surface area contributed by atoms with Crippen molar-refractivity contribution in [3.05, 3.63) is 113 Å². The van der Waals surface area contributed by atoms with Crippen LogP contribution in [0.4, 0.5) is 17.1 Å². The first kappa shape index (κ1) is 25.4. The van der Waals surface area contributed by atoms with Gasteiger partial charge in [0.25, 0.3) is 0 Å². The molecule has 0 radical (unpaired) electrons. The quantitative estimate of drug-likeness (QED) is 0.379. The standard InChI is InChI=1S/C35H36N2O2/c1-34(2)19-26(36-23-13-7-5-8-14-23)32(29(38)21-34)31-25-17-11-12-18-27(25)37(24-15-9-6-10-16-24)28-20-35(3,4)22-30(39)33(28)31/h5-18,31,36H,19-22H2,1-4H3. The van der Waals surface area contributed by atoms with Crippen LogP contribution in [-0.4, -0.2) is 11.6 Å². The Morgan fingerprint density at radius 3 is 1.92 bits per heavy atom. The minimum Gasteiger partial charge on any atom is -0.359 e. The molecule has 1 unspecified atom stereocenters. The molecule has 0 spiro atoms. The van der Waals surface area contributed by atoms with Crippen molar-refractivity contribution in [1.29, 1.82) is 0 Å². The molecule has 6 rings (SSSR count). The van der Waals surface area contributed by atoms with Crippen molar-refractivity contribution in [2.45, 2.75) is 59.3 Å². The highest BCUT2D eigenvalue weighted by Gasteiger charge is 2.47. The summed E-state index contributed by atoms with van der Waals surface area (Å²) in [7, 11) is 0. The van der Waals surface area contributed by atoms with E-state index in [0.29, 0.717) is 12.8 Å². The molecular formula is C35H36N2O2. The van der Waals surface area contributed by atoms with Crippen molar-refractivity contribution in [1.82, 2.24) is 0 Å². The Morgan fingerprint density at radius 1 is 0.667 bits per heavy atom. The van der Waals surface area contributed by atoms with Crippen molar-refractivity contribution >= 4 is 28.6 Å². The molecular weight excluding hydrogens is 480 g/mol. The molecule has 2 aliphatic carbocycles. The van der Waals surface area contributed by atoms with E-state index in [1.165, 1.54) is 0 Å². The number of anilines is 3. The Morgan fingerprint density at radius 2 is 1.23 bits per heavy atom. The van der Waals surface area contributed by atoms with Gasteiger partial charge in [-0.1, -0.05) is 82.3 Å². The van der Waals surface area contributed by atoms with E-state index in [1.54, 1.807) is 0 Å². The number of allylic oxidation sites excluding steroid dienone is 4. The fraction of sp³-hybridized carbons (Fsp3) is 0.314. The Kier molecular flexibility index (Phi) is 6.10. The molecule has 1 aliphatic heterocycles. The summed E-state index contributed by atoms with van der Waals surface area (Å²) in [6.07, 6.45) is 2.45. The molecule has 1 N–H and O–H groups in total. The van der Waals surface area contributed by atoms with Gasteiger partial charge in [0.15, 0.2) is 11.6 Å². The van der Waals surface area contributed by atoms with Gasteiger partial charge in [-0.15, -0.1) is 0 Å². The van der Waals surface area contributed by atoms with Crippen LogP contribution < -0.4 is 10.2 Å². The number of ketones is 2. The number of hydrogen-bond acceptors (Lipinski definition) is 4. The maximum atomic E-state index is 14.1. The molecule has 4 nitrogen and oxygen atoms in total. The second-order valence-corrected chi connectivity index (χ2v) is 12.8. The summed E-state index contributed by atoms with van der Waals surface area (Å²) in [6.45, 7) is 8.64. The van der Waals surface area contributed by atoms with Crippen LogP contribution in [-0.2, 0) is 9.59 Å². The molecule has 0 saturated carbocycles. The van der Waals surface area contributed by atoms with E-state index in [-0.39, 0.29) is 22.4 Å². The highest BCUT2D eigenvalue weighted by molar-refractivity contribution is 6.08. The molecule has 39 heavy (non-hydrogen) atoms. The molecule has 0 saturated heterocycles. The van der Waals surface area contributed by atoms with Crippen molar-refractivity contribution in [3.63, 3.8) is 0 Å². The van der Waals surface area contributed by atoms with Gasteiger partial charge >= 0.3 is 0 Å². The van der Waals surface area contributed by atoms with Gasteiger partial charge in [0.2, 0.25) is 0 Å². The van der Waals surface area contributed by atoms with Gasteiger partial charge < -0.3 is 10.2 Å². The number of Topliss-reactive ketones (excluding diaryl/α,β-unsaturated/α-hetero) is 2. The van der Waals surface area contributed by atoms with E-state index < -0.39 is 5.92 Å². The lowest BCUT2D eigenvalue weighted by Gasteiger charge is -2.46. The zero-order chi connectivity index (χ0) is 27.4. The van der Waals surface area contributed by atoms with Crippen molar-refractivity contribution in [3.8, 4) is 0 Å². The van der Waals surface area contributed by atoms with Gasteiger partial charge in [0, 0.05) is 58.4 Å². The van der Waals surface area contributed by atoms with Crippen LogP contribution in [0.25, 0.3) is 0 Å². The molecule has 198 valence electrons. The average Bonchev–Trinajstić information content (AvgIpc) is 2.88. The van der Waals surface area contributed by atoms with Crippen LogP contribution in [0.1, 0.15) is 64.9 Å². The van der Waals surface area contributed by atoms with Crippen LogP contribution in [0.5, 0.6) is 0 Å². The molecule has 0 aromatic heterocycles. The van der Waals surface area contributed by atoms with Gasteiger partial charge in [0.05, 0.1) is 0 Å². The molecule has 3 aromatic carbocycles. The third-order valence-corrected chi connectivity index (χ3v) is 8.24. The molecule has 1 heterocycles. The first-order valence-electron chi connectivity index (χ1n) is 13.9. The smallest absolute Gasteiger partial charge is 0.162 e. The zero-order valence-electron chi connectivity index (χ0n) is 23.3. The van der Waals surface area contributed by atoms with Crippen LogP contribution in [0.15, 0.2) is 107 Å². The third-order valence-electron chi connectivity index (χ3n) is 8.24. The van der Waals surface area contributed by atoms with E-state index in [1.807, 2.05) is 54.6 Å². The fourth-order valence-electron chi connectivity index (χ4n) is 6.71. The lowest BCUT2D eigenvalue weighted by molar-refractivity contribution is -0.118. The van der Waals surface area contributed by atoms with Crippen LogP contribution in [0.3, 0.4) is 0 Å². The normalized spacial score (nSPS) is 21.9. The number of carbonyl (C=O) groups excluding carboxylic acids is 2. The maximum absolute atomic E-state index is 14.1. The molecule has 3 aromatic rings. The van der Waals surface area contributed by atoms with Gasteiger partial charge in [-0.2, -0.15) is 0 Å². The molecule has 3 aliphatic rings. The predicted molar refractivity (Wildman–Crippen MR) is 158 cm³/mol. The van der Waals surface area contributed by atoms with E-state index in [0.717, 1.165) is 58.0 Å².